The molecule has 0 spiro atoms. The Balaban J connectivity index is 3.01. The van der Waals surface area contributed by atoms with Gasteiger partial charge in [0.1, 0.15) is 6.04 Å². The van der Waals surface area contributed by atoms with Gasteiger partial charge in [0.25, 0.3) is 0 Å². The topological polar surface area (TPSA) is 189 Å². The van der Waals surface area contributed by atoms with Gasteiger partial charge < -0.3 is 42.2 Å². The van der Waals surface area contributed by atoms with E-state index in [4.69, 9.17) is 11.5 Å². The van der Waals surface area contributed by atoms with E-state index in [0.717, 1.165) is 0 Å². The molecule has 0 heterocycles. The fraction of sp³-hybridized carbons (Fsp3) is 0.545. The monoisotopic (exact) mass is 480 g/mol. The predicted octanol–water partition coefficient (Wildman–Crippen LogP) is 0.232. The van der Waals surface area contributed by atoms with Gasteiger partial charge in [0.2, 0.25) is 11.8 Å². The van der Waals surface area contributed by atoms with E-state index < -0.39 is 36.0 Å². The number of anilines is 1. The second kappa shape index (κ2) is 14.0. The van der Waals surface area contributed by atoms with Gasteiger partial charge in [-0.1, -0.05) is 19.9 Å². The molecule has 0 saturated heterocycles. The molecule has 0 saturated carbocycles. The Morgan fingerprint density at radius 1 is 1.15 bits per heavy atom. The fourth-order valence-electron chi connectivity index (χ4n) is 3.07. The molecule has 8 N–H and O–H groups in total. The molecule has 190 valence electrons. The van der Waals surface area contributed by atoms with Crippen LogP contribution < -0.4 is 27.4 Å². The van der Waals surface area contributed by atoms with Crippen LogP contribution in [0.15, 0.2) is 18.2 Å². The van der Waals surface area contributed by atoms with E-state index in [0.29, 0.717) is 23.2 Å². The largest absolute Gasteiger partial charge is 0.453 e. The zero-order chi connectivity index (χ0) is 25.8. The van der Waals surface area contributed by atoms with Gasteiger partial charge in [-0.05, 0) is 42.0 Å². The molecule has 12 heteroatoms. The summed E-state index contributed by atoms with van der Waals surface area (Å²) in [5.41, 5.74) is 12.6. The van der Waals surface area contributed by atoms with Gasteiger partial charge in [-0.15, -0.1) is 0 Å². The third-order valence-electron chi connectivity index (χ3n) is 5.16. The van der Waals surface area contributed by atoms with Crippen molar-refractivity contribution in [2.75, 3.05) is 26.0 Å². The smallest absolute Gasteiger partial charge is 0.409 e. The maximum Gasteiger partial charge on any atom is 0.409 e. The Labute approximate surface area is 199 Å². The average Bonchev–Trinajstić information content (AvgIpc) is 2.79. The van der Waals surface area contributed by atoms with E-state index in [9.17, 15) is 24.3 Å². The van der Waals surface area contributed by atoms with E-state index in [1.165, 1.54) is 12.0 Å². The number of amides is 5. The highest BCUT2D eigenvalue weighted by Crippen LogP contribution is 2.19. The van der Waals surface area contributed by atoms with Crippen molar-refractivity contribution in [1.29, 1.82) is 0 Å². The minimum atomic E-state index is -0.911. The number of nitrogens with two attached hydrogens (primary N) is 2. The zero-order valence-electron chi connectivity index (χ0n) is 20.1. The molecule has 1 aromatic rings. The van der Waals surface area contributed by atoms with Gasteiger partial charge >= 0.3 is 12.1 Å². The average molecular weight is 481 g/mol. The van der Waals surface area contributed by atoms with Gasteiger partial charge in [0.05, 0.1) is 19.8 Å². The molecular weight excluding hydrogens is 444 g/mol. The standard InChI is InChI=1S/C22H36N6O6/c1-13(2)18(23)20(31)27-17(6-5-9-25-21(24)32)19(30)26-16-8-7-14(12-29)15(10-16)11-28(3)22(33)34-4/h7-8,10,13,17-18,29H,5-6,9,11-12,23H2,1-4H3,(H,26,30)(H,27,31)(H3,24,25,32)/t17-,18-/m0/s1. The van der Waals surface area contributed by atoms with Gasteiger partial charge in [-0.2, -0.15) is 0 Å². The lowest BCUT2D eigenvalue weighted by Crippen LogP contribution is -2.51. The van der Waals surface area contributed by atoms with Crippen molar-refractivity contribution < 1.29 is 29.0 Å². The van der Waals surface area contributed by atoms with Crippen LogP contribution in [0.4, 0.5) is 15.3 Å². The third-order valence-corrected chi connectivity index (χ3v) is 5.16. The summed E-state index contributed by atoms with van der Waals surface area (Å²) in [6.45, 7) is 3.73. The van der Waals surface area contributed by atoms with Gasteiger partial charge in [-0.3, -0.25) is 9.59 Å². The summed E-state index contributed by atoms with van der Waals surface area (Å²) in [5, 5.41) is 17.5. The molecule has 5 amide bonds. The number of benzene rings is 1. The van der Waals surface area contributed by atoms with Crippen molar-refractivity contribution in [2.24, 2.45) is 17.4 Å². The van der Waals surface area contributed by atoms with Gasteiger partial charge in [0.15, 0.2) is 0 Å². The number of nitrogens with zero attached hydrogens (tertiary/aromatic N) is 1. The summed E-state index contributed by atoms with van der Waals surface area (Å²) >= 11 is 0. The Morgan fingerprint density at radius 3 is 2.38 bits per heavy atom. The van der Waals surface area contributed by atoms with Gasteiger partial charge in [0, 0.05) is 25.8 Å². The number of rotatable bonds is 12. The summed E-state index contributed by atoms with van der Waals surface area (Å²) in [7, 11) is 2.81. The fourth-order valence-corrected chi connectivity index (χ4v) is 3.07. The molecule has 0 radical (unpaired) electrons. The number of hydrogen-bond donors (Lipinski definition) is 6. The van der Waals surface area contributed by atoms with Crippen LogP contribution in [0.5, 0.6) is 0 Å². The molecule has 0 unspecified atom stereocenters. The van der Waals surface area contributed by atoms with E-state index in [1.54, 1.807) is 39.1 Å². The summed E-state index contributed by atoms with van der Waals surface area (Å²) < 4.78 is 4.69. The van der Waals surface area contributed by atoms with E-state index in [1.807, 2.05) is 0 Å². The number of aliphatic hydroxyl groups is 1. The minimum absolute atomic E-state index is 0.124. The maximum absolute atomic E-state index is 13.0. The number of carbonyl (C=O) groups excluding carboxylic acids is 4. The summed E-state index contributed by atoms with van der Waals surface area (Å²) in [6, 6.07) is 2.50. The molecule has 1 aromatic carbocycles. The second-order valence-electron chi connectivity index (χ2n) is 8.22. The predicted molar refractivity (Wildman–Crippen MR) is 126 cm³/mol. The zero-order valence-corrected chi connectivity index (χ0v) is 20.1. The van der Waals surface area contributed by atoms with Crippen molar-refractivity contribution in [3.05, 3.63) is 29.3 Å². The number of urea groups is 1. The molecule has 0 bridgehead atoms. The first-order valence-electron chi connectivity index (χ1n) is 10.9. The van der Waals surface area contributed by atoms with E-state index >= 15 is 0 Å². The van der Waals surface area contributed by atoms with Crippen molar-refractivity contribution in [1.82, 2.24) is 15.5 Å². The summed E-state index contributed by atoms with van der Waals surface area (Å²) in [4.78, 5) is 49.4. The molecule has 12 nitrogen and oxygen atoms in total. The third kappa shape index (κ3) is 9.24. The van der Waals surface area contributed by atoms with Crippen LogP contribution in [0, 0.1) is 5.92 Å². The Kier molecular flexibility index (Phi) is 11.8. The molecule has 2 atom stereocenters. The molecule has 1 rings (SSSR count). The molecule has 0 aliphatic carbocycles. The Morgan fingerprint density at radius 2 is 1.82 bits per heavy atom. The van der Waals surface area contributed by atoms with Crippen LogP contribution >= 0.6 is 0 Å². The number of carbonyl (C=O) groups is 4. The number of methoxy groups -OCH3 is 1. The first kappa shape index (κ1) is 28.7. The molecule has 0 fully saturated rings. The quantitative estimate of drug-likeness (QED) is 0.231. The molecule has 0 aromatic heterocycles. The van der Waals surface area contributed by atoms with Crippen molar-refractivity contribution >= 4 is 29.6 Å². The summed E-state index contributed by atoms with van der Waals surface area (Å²) in [6.07, 6.45) is 0.0683. The Bertz CT molecular complexity index is 862. The normalized spacial score (nSPS) is 12.4. The lowest BCUT2D eigenvalue weighted by Gasteiger charge is -2.23. The van der Waals surface area contributed by atoms with Crippen molar-refractivity contribution in [3.8, 4) is 0 Å². The Hall–Kier alpha value is -3.38. The van der Waals surface area contributed by atoms with E-state index in [-0.39, 0.29) is 32.0 Å². The minimum Gasteiger partial charge on any atom is -0.453 e. The lowest BCUT2D eigenvalue weighted by atomic mass is 10.0. The van der Waals surface area contributed by atoms with Crippen LogP contribution in [0.2, 0.25) is 0 Å². The van der Waals surface area contributed by atoms with Gasteiger partial charge in [-0.25, -0.2) is 9.59 Å². The number of aliphatic hydroxyl groups excluding tert-OH is 1. The first-order valence-corrected chi connectivity index (χ1v) is 10.9. The number of primary amides is 1. The van der Waals surface area contributed by atoms with Crippen LogP contribution in [0.3, 0.4) is 0 Å². The van der Waals surface area contributed by atoms with Crippen LogP contribution in [-0.2, 0) is 27.5 Å². The number of ether oxygens (including phenoxy) is 1. The second-order valence-corrected chi connectivity index (χ2v) is 8.22. The van der Waals surface area contributed by atoms with Crippen LogP contribution in [0.25, 0.3) is 0 Å². The van der Waals surface area contributed by atoms with Crippen molar-refractivity contribution in [2.45, 2.75) is 51.9 Å². The highest BCUT2D eigenvalue weighted by Gasteiger charge is 2.25. The number of hydrogen-bond acceptors (Lipinski definition) is 7. The number of nitrogens with one attached hydrogen (secondary N) is 3. The van der Waals surface area contributed by atoms with Crippen LogP contribution in [-0.4, -0.2) is 66.7 Å². The molecule has 34 heavy (non-hydrogen) atoms. The highest BCUT2D eigenvalue weighted by molar-refractivity contribution is 5.98. The molecule has 0 aliphatic rings. The maximum atomic E-state index is 13.0. The molecular formula is C22H36N6O6. The summed E-state index contributed by atoms with van der Waals surface area (Å²) in [5.74, 6) is -1.07. The van der Waals surface area contributed by atoms with Crippen LogP contribution in [0.1, 0.15) is 37.8 Å². The van der Waals surface area contributed by atoms with Crippen molar-refractivity contribution in [3.63, 3.8) is 0 Å². The lowest BCUT2D eigenvalue weighted by molar-refractivity contribution is -0.128. The highest BCUT2D eigenvalue weighted by atomic mass is 16.5. The van der Waals surface area contributed by atoms with E-state index in [2.05, 4.69) is 20.7 Å². The SMILES string of the molecule is COC(=O)N(C)Cc1cc(NC(=O)[C@H](CCCNC(N)=O)NC(=O)[C@@H](N)C(C)C)ccc1CO. The molecule has 0 aliphatic heterocycles. The first-order chi connectivity index (χ1) is 16.0.